The number of carbonyl (C=O) groups is 1. The van der Waals surface area contributed by atoms with Crippen molar-refractivity contribution in [3.63, 3.8) is 0 Å². The number of nitrogens with one attached hydrogen (secondary N) is 2. The van der Waals surface area contributed by atoms with Crippen molar-refractivity contribution in [2.45, 2.75) is 4.90 Å². The number of ether oxygens (including phenoxy) is 1. The molecule has 128 valence electrons. The van der Waals surface area contributed by atoms with Gasteiger partial charge < -0.3 is 10.1 Å². The Hall–Kier alpha value is -1.74. The molecule has 0 unspecified atom stereocenters. The summed E-state index contributed by atoms with van der Waals surface area (Å²) in [6.45, 7) is 0.414. The SMILES string of the molecule is COCCNS(=O)(=O)c1ccc(Br)c(C(=O)Nc2ccccc2)c1. The van der Waals surface area contributed by atoms with Crippen molar-refractivity contribution in [3.8, 4) is 0 Å². The largest absolute Gasteiger partial charge is 0.383 e. The average molecular weight is 413 g/mol. The van der Waals surface area contributed by atoms with Crippen LogP contribution in [0.3, 0.4) is 0 Å². The van der Waals surface area contributed by atoms with Crippen LogP contribution in [0.15, 0.2) is 57.9 Å². The predicted molar refractivity (Wildman–Crippen MR) is 95.6 cm³/mol. The molecular formula is C16H17BrN2O4S. The molecule has 0 bridgehead atoms. The van der Waals surface area contributed by atoms with E-state index in [4.69, 9.17) is 4.74 Å². The molecule has 0 saturated carbocycles. The number of para-hydroxylation sites is 1. The van der Waals surface area contributed by atoms with Gasteiger partial charge >= 0.3 is 0 Å². The normalized spacial score (nSPS) is 11.2. The topological polar surface area (TPSA) is 84.5 Å². The van der Waals surface area contributed by atoms with E-state index in [-0.39, 0.29) is 23.6 Å². The van der Waals surface area contributed by atoms with Gasteiger partial charge in [0.05, 0.1) is 17.1 Å². The summed E-state index contributed by atoms with van der Waals surface area (Å²) in [7, 11) is -2.22. The summed E-state index contributed by atoms with van der Waals surface area (Å²) >= 11 is 3.28. The fraction of sp³-hybridized carbons (Fsp3) is 0.188. The molecule has 2 aromatic rings. The van der Waals surface area contributed by atoms with Crippen molar-refractivity contribution in [1.82, 2.24) is 4.72 Å². The van der Waals surface area contributed by atoms with Gasteiger partial charge in [-0.05, 0) is 46.3 Å². The number of rotatable bonds is 7. The van der Waals surface area contributed by atoms with E-state index in [0.717, 1.165) is 0 Å². The lowest BCUT2D eigenvalue weighted by Gasteiger charge is -2.10. The number of amides is 1. The quantitative estimate of drug-likeness (QED) is 0.684. The molecule has 0 heterocycles. The molecule has 0 fully saturated rings. The zero-order valence-electron chi connectivity index (χ0n) is 13.0. The summed E-state index contributed by atoms with van der Waals surface area (Å²) in [6, 6.07) is 13.2. The van der Waals surface area contributed by atoms with Crippen LogP contribution >= 0.6 is 15.9 Å². The highest BCUT2D eigenvalue weighted by atomic mass is 79.9. The van der Waals surface area contributed by atoms with Crippen molar-refractivity contribution >= 4 is 37.5 Å². The molecule has 0 aliphatic heterocycles. The van der Waals surface area contributed by atoms with Gasteiger partial charge in [-0.3, -0.25) is 4.79 Å². The second-order valence-corrected chi connectivity index (χ2v) is 7.47. The molecule has 6 nitrogen and oxygen atoms in total. The zero-order chi connectivity index (χ0) is 17.6. The number of hydrogen-bond acceptors (Lipinski definition) is 4. The van der Waals surface area contributed by atoms with Crippen LogP contribution in [0.4, 0.5) is 5.69 Å². The lowest BCUT2D eigenvalue weighted by molar-refractivity contribution is 0.102. The van der Waals surface area contributed by atoms with Crippen LogP contribution in [-0.4, -0.2) is 34.6 Å². The molecule has 0 saturated heterocycles. The first-order valence-electron chi connectivity index (χ1n) is 7.08. The Labute approximate surface area is 149 Å². The summed E-state index contributed by atoms with van der Waals surface area (Å²) in [5.41, 5.74) is 0.856. The summed E-state index contributed by atoms with van der Waals surface area (Å²) < 4.78 is 32.2. The van der Waals surface area contributed by atoms with Gasteiger partial charge in [-0.2, -0.15) is 0 Å². The lowest BCUT2D eigenvalue weighted by atomic mass is 10.2. The molecule has 0 spiro atoms. The van der Waals surface area contributed by atoms with Crippen LogP contribution in [0.25, 0.3) is 0 Å². The van der Waals surface area contributed by atoms with Crippen LogP contribution in [0, 0.1) is 0 Å². The van der Waals surface area contributed by atoms with Gasteiger partial charge in [-0.1, -0.05) is 18.2 Å². The van der Waals surface area contributed by atoms with Crippen molar-refractivity contribution in [3.05, 3.63) is 58.6 Å². The number of methoxy groups -OCH3 is 1. The van der Waals surface area contributed by atoms with Crippen LogP contribution in [0.1, 0.15) is 10.4 Å². The Bertz CT molecular complexity index is 810. The van der Waals surface area contributed by atoms with E-state index in [1.807, 2.05) is 6.07 Å². The van der Waals surface area contributed by atoms with Gasteiger partial charge in [0.15, 0.2) is 0 Å². The Balaban J connectivity index is 2.23. The Kier molecular flexibility index (Phi) is 6.50. The first kappa shape index (κ1) is 18.6. The molecule has 8 heteroatoms. The van der Waals surface area contributed by atoms with Crippen molar-refractivity contribution < 1.29 is 17.9 Å². The van der Waals surface area contributed by atoms with Crippen molar-refractivity contribution in [2.24, 2.45) is 0 Å². The van der Waals surface area contributed by atoms with E-state index in [1.165, 1.54) is 25.3 Å². The molecule has 0 aliphatic rings. The second-order valence-electron chi connectivity index (χ2n) is 4.85. The number of anilines is 1. The number of benzene rings is 2. The Morgan fingerprint density at radius 2 is 1.88 bits per heavy atom. The highest BCUT2D eigenvalue weighted by Gasteiger charge is 2.18. The van der Waals surface area contributed by atoms with Crippen LogP contribution in [0.2, 0.25) is 0 Å². The average Bonchev–Trinajstić information content (AvgIpc) is 2.56. The maximum Gasteiger partial charge on any atom is 0.256 e. The molecule has 0 atom stereocenters. The number of hydrogen-bond donors (Lipinski definition) is 2. The van der Waals surface area contributed by atoms with Crippen molar-refractivity contribution in [1.29, 1.82) is 0 Å². The van der Waals surface area contributed by atoms with E-state index < -0.39 is 15.9 Å². The highest BCUT2D eigenvalue weighted by Crippen LogP contribution is 2.22. The third-order valence-corrected chi connectivity index (χ3v) is 5.27. The van der Waals surface area contributed by atoms with E-state index in [2.05, 4.69) is 26.0 Å². The maximum atomic E-state index is 12.4. The second kappa shape index (κ2) is 8.39. The molecule has 1 amide bonds. The number of carbonyl (C=O) groups excluding carboxylic acids is 1. The minimum Gasteiger partial charge on any atom is -0.383 e. The summed E-state index contributed by atoms with van der Waals surface area (Å²) in [6.07, 6.45) is 0. The minimum atomic E-state index is -3.71. The standard InChI is InChI=1S/C16H17BrN2O4S/c1-23-10-9-18-24(21,22)13-7-8-15(17)14(11-13)16(20)19-12-5-3-2-4-6-12/h2-8,11,18H,9-10H2,1H3,(H,19,20). The number of sulfonamides is 1. The minimum absolute atomic E-state index is 0.0139. The van der Waals surface area contributed by atoms with Gasteiger partial charge in [0, 0.05) is 23.8 Å². The summed E-state index contributed by atoms with van der Waals surface area (Å²) in [4.78, 5) is 12.4. The van der Waals surface area contributed by atoms with Crippen molar-refractivity contribution in [2.75, 3.05) is 25.6 Å². The fourth-order valence-electron chi connectivity index (χ4n) is 1.93. The van der Waals surface area contributed by atoms with E-state index in [0.29, 0.717) is 10.2 Å². The smallest absolute Gasteiger partial charge is 0.256 e. The van der Waals surface area contributed by atoms with Gasteiger partial charge in [0.25, 0.3) is 5.91 Å². The fourth-order valence-corrected chi connectivity index (χ4v) is 3.39. The molecule has 2 N–H and O–H groups in total. The first-order valence-corrected chi connectivity index (χ1v) is 9.36. The van der Waals surface area contributed by atoms with E-state index in [9.17, 15) is 13.2 Å². The lowest BCUT2D eigenvalue weighted by Crippen LogP contribution is -2.27. The van der Waals surface area contributed by atoms with E-state index >= 15 is 0 Å². The van der Waals surface area contributed by atoms with Gasteiger partial charge in [0.2, 0.25) is 10.0 Å². The Morgan fingerprint density at radius 1 is 1.17 bits per heavy atom. The molecule has 0 radical (unpaired) electrons. The van der Waals surface area contributed by atoms with Gasteiger partial charge in [0.1, 0.15) is 0 Å². The third kappa shape index (κ3) is 4.88. The molecule has 0 aromatic heterocycles. The summed E-state index contributed by atoms with van der Waals surface area (Å²) in [5, 5.41) is 2.73. The van der Waals surface area contributed by atoms with Gasteiger partial charge in [-0.15, -0.1) is 0 Å². The monoisotopic (exact) mass is 412 g/mol. The molecule has 2 aromatic carbocycles. The molecule has 2 rings (SSSR count). The molecule has 24 heavy (non-hydrogen) atoms. The zero-order valence-corrected chi connectivity index (χ0v) is 15.4. The molecule has 0 aliphatic carbocycles. The van der Waals surface area contributed by atoms with Crippen LogP contribution in [0.5, 0.6) is 0 Å². The molecular weight excluding hydrogens is 396 g/mol. The van der Waals surface area contributed by atoms with E-state index in [1.54, 1.807) is 24.3 Å². The van der Waals surface area contributed by atoms with Gasteiger partial charge in [-0.25, -0.2) is 13.1 Å². The Morgan fingerprint density at radius 3 is 2.54 bits per heavy atom. The predicted octanol–water partition coefficient (Wildman–Crippen LogP) is 2.63. The maximum absolute atomic E-state index is 12.4. The first-order chi connectivity index (χ1) is 11.4. The summed E-state index contributed by atoms with van der Waals surface area (Å²) in [5.74, 6) is -0.401. The van der Waals surface area contributed by atoms with Crippen LogP contribution < -0.4 is 10.0 Å². The van der Waals surface area contributed by atoms with Crippen LogP contribution in [-0.2, 0) is 14.8 Å². The third-order valence-electron chi connectivity index (χ3n) is 3.12. The highest BCUT2D eigenvalue weighted by molar-refractivity contribution is 9.10. The number of halogens is 1.